The number of hydrogen-bond acceptors (Lipinski definition) is 2. The summed E-state index contributed by atoms with van der Waals surface area (Å²) < 4.78 is 0.988. The van der Waals surface area contributed by atoms with E-state index in [0.717, 1.165) is 21.2 Å². The number of phenolic OH excluding ortho intramolecular Hbond substituents is 1. The van der Waals surface area contributed by atoms with Crippen LogP contribution < -0.4 is 5.73 Å². The second-order valence-electron chi connectivity index (χ2n) is 3.57. The molecule has 0 aromatic heterocycles. The fourth-order valence-corrected chi connectivity index (χ4v) is 2.00. The smallest absolute Gasteiger partial charge is 0.123 e. The molecule has 0 bridgehead atoms. The second-order valence-corrected chi connectivity index (χ2v) is 4.48. The van der Waals surface area contributed by atoms with Gasteiger partial charge in [-0.3, -0.25) is 0 Å². The summed E-state index contributed by atoms with van der Waals surface area (Å²) in [6.45, 7) is 0.473. The Labute approximate surface area is 103 Å². The van der Waals surface area contributed by atoms with E-state index in [0.29, 0.717) is 6.54 Å². The standard InChI is InChI=1S/C13H12BrNO/c14-11-3-1-2-10(7-11)12-6-9(8-15)4-5-13(12)16/h1-7,16H,8,15H2. The first-order chi connectivity index (χ1) is 7.70. The van der Waals surface area contributed by atoms with Crippen LogP contribution in [-0.2, 0) is 6.54 Å². The Balaban J connectivity index is 2.54. The van der Waals surface area contributed by atoms with Crippen LogP contribution >= 0.6 is 15.9 Å². The van der Waals surface area contributed by atoms with Gasteiger partial charge < -0.3 is 10.8 Å². The number of benzene rings is 2. The van der Waals surface area contributed by atoms with E-state index in [4.69, 9.17) is 5.73 Å². The van der Waals surface area contributed by atoms with Crippen molar-refractivity contribution in [1.82, 2.24) is 0 Å². The third-order valence-corrected chi connectivity index (χ3v) is 2.93. The zero-order valence-corrected chi connectivity index (χ0v) is 10.2. The summed E-state index contributed by atoms with van der Waals surface area (Å²) in [6, 6.07) is 13.2. The summed E-state index contributed by atoms with van der Waals surface area (Å²) in [7, 11) is 0. The van der Waals surface area contributed by atoms with E-state index in [1.165, 1.54) is 0 Å². The number of halogens is 1. The van der Waals surface area contributed by atoms with Crippen molar-refractivity contribution in [2.45, 2.75) is 6.54 Å². The van der Waals surface area contributed by atoms with Crippen LogP contribution in [0.2, 0.25) is 0 Å². The van der Waals surface area contributed by atoms with E-state index in [-0.39, 0.29) is 5.75 Å². The Morgan fingerprint density at radius 2 is 1.94 bits per heavy atom. The van der Waals surface area contributed by atoms with Crippen molar-refractivity contribution in [3.63, 3.8) is 0 Å². The zero-order valence-electron chi connectivity index (χ0n) is 8.65. The van der Waals surface area contributed by atoms with Crippen molar-refractivity contribution in [2.24, 2.45) is 5.73 Å². The monoisotopic (exact) mass is 277 g/mol. The van der Waals surface area contributed by atoms with E-state index in [2.05, 4.69) is 15.9 Å². The quantitative estimate of drug-likeness (QED) is 0.885. The number of aromatic hydroxyl groups is 1. The van der Waals surface area contributed by atoms with Crippen molar-refractivity contribution in [3.05, 3.63) is 52.5 Å². The minimum Gasteiger partial charge on any atom is -0.507 e. The van der Waals surface area contributed by atoms with Gasteiger partial charge in [0, 0.05) is 16.6 Å². The van der Waals surface area contributed by atoms with Crippen molar-refractivity contribution in [2.75, 3.05) is 0 Å². The molecule has 2 rings (SSSR count). The molecule has 3 N–H and O–H groups in total. The normalized spacial score (nSPS) is 10.4. The summed E-state index contributed by atoms with van der Waals surface area (Å²) in [5, 5.41) is 9.82. The van der Waals surface area contributed by atoms with Crippen molar-refractivity contribution in [1.29, 1.82) is 0 Å². The molecule has 0 amide bonds. The molecule has 0 radical (unpaired) electrons. The second kappa shape index (κ2) is 4.68. The molecule has 0 aliphatic rings. The van der Waals surface area contributed by atoms with Crippen molar-refractivity contribution < 1.29 is 5.11 Å². The summed E-state index contributed by atoms with van der Waals surface area (Å²) >= 11 is 3.41. The highest BCUT2D eigenvalue weighted by Gasteiger charge is 2.05. The lowest BCUT2D eigenvalue weighted by molar-refractivity contribution is 0.477. The maximum Gasteiger partial charge on any atom is 0.123 e. The van der Waals surface area contributed by atoms with E-state index < -0.39 is 0 Å². The fraction of sp³-hybridized carbons (Fsp3) is 0.0769. The number of nitrogens with two attached hydrogens (primary N) is 1. The van der Waals surface area contributed by atoms with Gasteiger partial charge >= 0.3 is 0 Å². The topological polar surface area (TPSA) is 46.2 Å². The molecule has 0 saturated carbocycles. The summed E-state index contributed by atoms with van der Waals surface area (Å²) in [5.74, 6) is 0.273. The Bertz CT molecular complexity index is 511. The largest absolute Gasteiger partial charge is 0.507 e. The first-order valence-corrected chi connectivity index (χ1v) is 5.78. The van der Waals surface area contributed by atoms with Gasteiger partial charge in [-0.1, -0.05) is 34.1 Å². The van der Waals surface area contributed by atoms with Gasteiger partial charge in [-0.15, -0.1) is 0 Å². The molecule has 16 heavy (non-hydrogen) atoms. The van der Waals surface area contributed by atoms with Gasteiger partial charge in [0.25, 0.3) is 0 Å². The predicted octanol–water partition coefficient (Wildman–Crippen LogP) is 3.28. The minimum absolute atomic E-state index is 0.273. The highest BCUT2D eigenvalue weighted by molar-refractivity contribution is 9.10. The highest BCUT2D eigenvalue weighted by Crippen LogP contribution is 2.31. The first kappa shape index (κ1) is 11.2. The molecule has 2 aromatic rings. The lowest BCUT2D eigenvalue weighted by Gasteiger charge is -2.07. The molecule has 82 valence electrons. The third-order valence-electron chi connectivity index (χ3n) is 2.43. The van der Waals surface area contributed by atoms with Gasteiger partial charge in [0.15, 0.2) is 0 Å². The molecule has 0 atom stereocenters. The Hall–Kier alpha value is -1.32. The van der Waals surface area contributed by atoms with Crippen molar-refractivity contribution in [3.8, 4) is 16.9 Å². The van der Waals surface area contributed by atoms with Crippen LogP contribution in [0.1, 0.15) is 5.56 Å². The number of phenols is 1. The fourth-order valence-electron chi connectivity index (χ4n) is 1.60. The molecular weight excluding hydrogens is 266 g/mol. The van der Waals surface area contributed by atoms with Crippen LogP contribution in [-0.4, -0.2) is 5.11 Å². The van der Waals surface area contributed by atoms with E-state index in [1.54, 1.807) is 6.07 Å². The molecule has 0 aliphatic heterocycles. The van der Waals surface area contributed by atoms with E-state index in [9.17, 15) is 5.11 Å². The Morgan fingerprint density at radius 3 is 2.62 bits per heavy atom. The zero-order chi connectivity index (χ0) is 11.5. The average molecular weight is 278 g/mol. The molecule has 3 heteroatoms. The van der Waals surface area contributed by atoms with Gasteiger partial charge in [-0.2, -0.15) is 0 Å². The molecule has 0 heterocycles. The number of rotatable bonds is 2. The SMILES string of the molecule is NCc1ccc(O)c(-c2cccc(Br)c2)c1. The molecule has 2 nitrogen and oxygen atoms in total. The maximum absolute atomic E-state index is 9.82. The Morgan fingerprint density at radius 1 is 1.12 bits per heavy atom. The molecule has 0 aliphatic carbocycles. The van der Waals surface area contributed by atoms with Crippen LogP contribution in [0, 0.1) is 0 Å². The number of hydrogen-bond donors (Lipinski definition) is 2. The molecular formula is C13H12BrNO. The predicted molar refractivity (Wildman–Crippen MR) is 69.1 cm³/mol. The van der Waals surface area contributed by atoms with Crippen LogP contribution in [0.3, 0.4) is 0 Å². The summed E-state index contributed by atoms with van der Waals surface area (Å²) in [5.41, 5.74) is 8.38. The van der Waals surface area contributed by atoms with Gasteiger partial charge in [-0.05, 0) is 35.4 Å². The maximum atomic E-state index is 9.82. The molecule has 0 spiro atoms. The minimum atomic E-state index is 0.273. The van der Waals surface area contributed by atoms with Gasteiger partial charge in [0.05, 0.1) is 0 Å². The van der Waals surface area contributed by atoms with Gasteiger partial charge in [0.1, 0.15) is 5.75 Å². The summed E-state index contributed by atoms with van der Waals surface area (Å²) in [4.78, 5) is 0. The van der Waals surface area contributed by atoms with Crippen LogP contribution in [0.5, 0.6) is 5.75 Å². The van der Waals surface area contributed by atoms with Crippen LogP contribution in [0.25, 0.3) is 11.1 Å². The van der Waals surface area contributed by atoms with Gasteiger partial charge in [-0.25, -0.2) is 0 Å². The van der Waals surface area contributed by atoms with E-state index in [1.807, 2.05) is 36.4 Å². The first-order valence-electron chi connectivity index (χ1n) is 4.98. The van der Waals surface area contributed by atoms with Crippen LogP contribution in [0.15, 0.2) is 46.9 Å². The van der Waals surface area contributed by atoms with E-state index >= 15 is 0 Å². The van der Waals surface area contributed by atoms with Crippen molar-refractivity contribution >= 4 is 15.9 Å². The molecule has 0 fully saturated rings. The molecule has 2 aromatic carbocycles. The summed E-state index contributed by atoms with van der Waals surface area (Å²) in [6.07, 6.45) is 0. The molecule has 0 unspecified atom stereocenters. The third kappa shape index (κ3) is 2.26. The Kier molecular flexibility index (Phi) is 3.27. The van der Waals surface area contributed by atoms with Crippen LogP contribution in [0.4, 0.5) is 0 Å². The lowest BCUT2D eigenvalue weighted by atomic mass is 10.0. The van der Waals surface area contributed by atoms with Gasteiger partial charge in [0.2, 0.25) is 0 Å². The highest BCUT2D eigenvalue weighted by atomic mass is 79.9. The lowest BCUT2D eigenvalue weighted by Crippen LogP contribution is -1.96. The average Bonchev–Trinajstić information content (AvgIpc) is 2.30. The molecule has 0 saturated heterocycles.